The van der Waals surface area contributed by atoms with E-state index in [1.807, 2.05) is 6.92 Å². The lowest BCUT2D eigenvalue weighted by atomic mass is 10.3. The third-order valence-corrected chi connectivity index (χ3v) is 2.19. The third kappa shape index (κ3) is 4.87. The van der Waals surface area contributed by atoms with E-state index < -0.39 is 12.3 Å². The molecule has 18 heavy (non-hydrogen) atoms. The molecule has 1 unspecified atom stereocenters. The van der Waals surface area contributed by atoms with Crippen molar-refractivity contribution in [2.45, 2.75) is 39.1 Å². The average Bonchev–Trinajstić information content (AvgIpc) is 2.30. The highest BCUT2D eigenvalue weighted by molar-refractivity contribution is 5.11. The molecule has 0 amide bonds. The van der Waals surface area contributed by atoms with Crippen molar-refractivity contribution in [2.24, 2.45) is 0 Å². The number of hydrogen-bond donors (Lipinski definition) is 1. The van der Waals surface area contributed by atoms with Crippen molar-refractivity contribution in [1.82, 2.24) is 15.5 Å². The summed E-state index contributed by atoms with van der Waals surface area (Å²) >= 11 is 0. The molecule has 1 aromatic heterocycles. The summed E-state index contributed by atoms with van der Waals surface area (Å²) in [5.41, 5.74) is 0.662. The van der Waals surface area contributed by atoms with Crippen molar-refractivity contribution in [2.75, 3.05) is 6.54 Å². The number of nitrogens with zero attached hydrogens (tertiary/aromatic N) is 2. The SMILES string of the molecule is CCCNCc1ccc(OC(C)C(F)(F)F)nn1. The summed E-state index contributed by atoms with van der Waals surface area (Å²) in [5, 5.41) is 10.5. The smallest absolute Gasteiger partial charge is 0.425 e. The molecule has 1 rings (SSSR count). The van der Waals surface area contributed by atoms with Crippen LogP contribution >= 0.6 is 0 Å². The lowest BCUT2D eigenvalue weighted by Crippen LogP contribution is -2.31. The zero-order valence-corrected chi connectivity index (χ0v) is 10.3. The molecule has 0 aliphatic heterocycles. The van der Waals surface area contributed by atoms with Gasteiger partial charge in [-0.2, -0.15) is 18.3 Å². The fourth-order valence-corrected chi connectivity index (χ4v) is 1.15. The second-order valence-corrected chi connectivity index (χ2v) is 3.84. The summed E-state index contributed by atoms with van der Waals surface area (Å²) in [6, 6.07) is 2.98. The second kappa shape index (κ2) is 6.53. The van der Waals surface area contributed by atoms with Crippen molar-refractivity contribution in [3.63, 3.8) is 0 Å². The molecule has 0 spiro atoms. The fourth-order valence-electron chi connectivity index (χ4n) is 1.15. The van der Waals surface area contributed by atoms with E-state index in [-0.39, 0.29) is 5.88 Å². The molecule has 7 heteroatoms. The third-order valence-electron chi connectivity index (χ3n) is 2.19. The van der Waals surface area contributed by atoms with Gasteiger partial charge in [0.05, 0.1) is 5.69 Å². The van der Waals surface area contributed by atoms with E-state index in [2.05, 4.69) is 20.3 Å². The summed E-state index contributed by atoms with van der Waals surface area (Å²) in [4.78, 5) is 0. The highest BCUT2D eigenvalue weighted by Gasteiger charge is 2.38. The van der Waals surface area contributed by atoms with Gasteiger partial charge in [-0.05, 0) is 26.0 Å². The summed E-state index contributed by atoms with van der Waals surface area (Å²) < 4.78 is 41.3. The van der Waals surface area contributed by atoms with Crippen LogP contribution in [0.4, 0.5) is 13.2 Å². The van der Waals surface area contributed by atoms with E-state index in [9.17, 15) is 13.2 Å². The van der Waals surface area contributed by atoms with Gasteiger partial charge in [0.1, 0.15) is 0 Å². The predicted octanol–water partition coefficient (Wildman–Crippen LogP) is 2.31. The number of halogens is 3. The minimum atomic E-state index is -4.40. The molecule has 0 bridgehead atoms. The zero-order chi connectivity index (χ0) is 13.6. The first kappa shape index (κ1) is 14.7. The molecule has 0 saturated carbocycles. The van der Waals surface area contributed by atoms with Gasteiger partial charge in [-0.15, -0.1) is 5.10 Å². The van der Waals surface area contributed by atoms with E-state index in [0.29, 0.717) is 12.2 Å². The Labute approximate surface area is 104 Å². The second-order valence-electron chi connectivity index (χ2n) is 3.84. The van der Waals surface area contributed by atoms with E-state index >= 15 is 0 Å². The van der Waals surface area contributed by atoms with E-state index in [1.165, 1.54) is 6.07 Å². The zero-order valence-electron chi connectivity index (χ0n) is 10.3. The van der Waals surface area contributed by atoms with E-state index in [0.717, 1.165) is 19.9 Å². The van der Waals surface area contributed by atoms with Gasteiger partial charge in [-0.25, -0.2) is 0 Å². The highest BCUT2D eigenvalue weighted by atomic mass is 19.4. The fraction of sp³-hybridized carbons (Fsp3) is 0.636. The molecule has 4 nitrogen and oxygen atoms in total. The summed E-state index contributed by atoms with van der Waals surface area (Å²) in [6.45, 7) is 4.35. The van der Waals surface area contributed by atoms with Gasteiger partial charge in [0.2, 0.25) is 5.88 Å². The van der Waals surface area contributed by atoms with Crippen LogP contribution in [0.15, 0.2) is 12.1 Å². The van der Waals surface area contributed by atoms with Crippen molar-refractivity contribution >= 4 is 0 Å². The van der Waals surface area contributed by atoms with Gasteiger partial charge in [-0.1, -0.05) is 6.92 Å². The van der Waals surface area contributed by atoms with Crippen molar-refractivity contribution in [1.29, 1.82) is 0 Å². The monoisotopic (exact) mass is 263 g/mol. The van der Waals surface area contributed by atoms with Crippen LogP contribution in [-0.4, -0.2) is 29.0 Å². The van der Waals surface area contributed by atoms with Gasteiger partial charge >= 0.3 is 6.18 Å². The quantitative estimate of drug-likeness (QED) is 0.800. The number of ether oxygens (including phenoxy) is 1. The first-order chi connectivity index (χ1) is 8.43. The number of aromatic nitrogens is 2. The number of rotatable bonds is 6. The standard InChI is InChI=1S/C11H16F3N3O/c1-3-6-15-7-9-4-5-10(17-16-9)18-8(2)11(12,13)14/h4-5,8,15H,3,6-7H2,1-2H3. The largest absolute Gasteiger partial charge is 0.464 e. The van der Waals surface area contributed by atoms with E-state index in [1.54, 1.807) is 6.07 Å². The van der Waals surface area contributed by atoms with Crippen LogP contribution in [-0.2, 0) is 6.54 Å². The Balaban J connectivity index is 2.50. The van der Waals surface area contributed by atoms with Crippen LogP contribution in [0.25, 0.3) is 0 Å². The Kier molecular flexibility index (Phi) is 5.33. The molecule has 1 atom stereocenters. The van der Waals surface area contributed by atoms with Crippen LogP contribution < -0.4 is 10.1 Å². The lowest BCUT2D eigenvalue weighted by molar-refractivity contribution is -0.190. The Morgan fingerprint density at radius 2 is 2.06 bits per heavy atom. The van der Waals surface area contributed by atoms with Gasteiger partial charge in [-0.3, -0.25) is 0 Å². The molecule has 0 radical (unpaired) electrons. The Bertz CT molecular complexity index is 354. The molecule has 102 valence electrons. The maximum absolute atomic E-state index is 12.2. The molecule has 1 heterocycles. The number of nitrogens with one attached hydrogen (secondary N) is 1. The molecule has 0 aliphatic rings. The Hall–Kier alpha value is -1.37. The normalized spacial score (nSPS) is 13.4. The predicted molar refractivity (Wildman–Crippen MR) is 60.2 cm³/mol. The molecule has 0 aliphatic carbocycles. The summed E-state index contributed by atoms with van der Waals surface area (Å²) in [7, 11) is 0. The minimum absolute atomic E-state index is 0.126. The van der Waals surface area contributed by atoms with Crippen LogP contribution in [0.1, 0.15) is 26.0 Å². The summed E-state index contributed by atoms with van der Waals surface area (Å²) in [5.74, 6) is -0.126. The Morgan fingerprint density at radius 1 is 1.33 bits per heavy atom. The Morgan fingerprint density at radius 3 is 2.56 bits per heavy atom. The number of alkyl halides is 3. The van der Waals surface area contributed by atoms with Crippen LogP contribution in [0.2, 0.25) is 0 Å². The van der Waals surface area contributed by atoms with Gasteiger partial charge in [0, 0.05) is 12.6 Å². The first-order valence-electron chi connectivity index (χ1n) is 5.70. The van der Waals surface area contributed by atoms with Gasteiger partial charge in [0.25, 0.3) is 0 Å². The maximum atomic E-state index is 12.2. The molecular weight excluding hydrogens is 247 g/mol. The van der Waals surface area contributed by atoms with Gasteiger partial charge < -0.3 is 10.1 Å². The molecule has 0 aromatic carbocycles. The molecule has 1 aromatic rings. The molecular formula is C11H16F3N3O. The number of hydrogen-bond acceptors (Lipinski definition) is 4. The summed E-state index contributed by atoms with van der Waals surface area (Å²) in [6.07, 6.45) is -5.29. The van der Waals surface area contributed by atoms with Crippen molar-refractivity contribution < 1.29 is 17.9 Å². The average molecular weight is 263 g/mol. The van der Waals surface area contributed by atoms with Crippen molar-refractivity contribution in [3.05, 3.63) is 17.8 Å². The maximum Gasteiger partial charge on any atom is 0.425 e. The van der Waals surface area contributed by atoms with Crippen LogP contribution in [0.5, 0.6) is 5.88 Å². The highest BCUT2D eigenvalue weighted by Crippen LogP contribution is 2.23. The van der Waals surface area contributed by atoms with Crippen LogP contribution in [0.3, 0.4) is 0 Å². The molecule has 0 saturated heterocycles. The van der Waals surface area contributed by atoms with Crippen molar-refractivity contribution in [3.8, 4) is 5.88 Å². The van der Waals surface area contributed by atoms with E-state index in [4.69, 9.17) is 0 Å². The lowest BCUT2D eigenvalue weighted by Gasteiger charge is -2.16. The minimum Gasteiger partial charge on any atom is -0.464 e. The van der Waals surface area contributed by atoms with Crippen LogP contribution in [0, 0.1) is 0 Å². The first-order valence-corrected chi connectivity index (χ1v) is 5.70. The van der Waals surface area contributed by atoms with Gasteiger partial charge in [0.15, 0.2) is 6.10 Å². The molecule has 0 fully saturated rings. The molecule has 1 N–H and O–H groups in total. The topological polar surface area (TPSA) is 47.0 Å².